The Hall–Kier alpha value is -1.11. The number of carbonyl (C=O) groups excluding carboxylic acids is 1. The Kier molecular flexibility index (Phi) is 5.24. The third-order valence-corrected chi connectivity index (χ3v) is 5.04. The van der Waals surface area contributed by atoms with Gasteiger partial charge >= 0.3 is 0 Å². The van der Waals surface area contributed by atoms with E-state index >= 15 is 0 Å². The van der Waals surface area contributed by atoms with Crippen molar-refractivity contribution >= 4 is 48.9 Å². The van der Waals surface area contributed by atoms with Crippen molar-refractivity contribution in [1.82, 2.24) is 5.32 Å². The molecule has 4 nitrogen and oxygen atoms in total. The van der Waals surface area contributed by atoms with Gasteiger partial charge in [-0.2, -0.15) is 0 Å². The minimum atomic E-state index is -0.138. The second kappa shape index (κ2) is 6.77. The topological polar surface area (TPSA) is 64.3 Å². The van der Waals surface area contributed by atoms with Crippen LogP contribution in [-0.4, -0.2) is 25.7 Å². The number of fused-ring (bicyclic) bond motifs is 1. The number of nitrogen functional groups attached to an aromatic ring is 1. The molecule has 21 heavy (non-hydrogen) atoms. The molecule has 0 saturated carbocycles. The molecule has 2 rings (SSSR count). The Balaban J connectivity index is 2.29. The molecular weight excluding hydrogens is 352 g/mol. The SMILES string of the molecule is COCC(NC(=O)c1sc2ccc(Br)cc2c1N)C(C)C. The number of amides is 1. The highest BCUT2D eigenvalue weighted by Gasteiger charge is 2.21. The van der Waals surface area contributed by atoms with Crippen molar-refractivity contribution in [3.05, 3.63) is 27.5 Å². The van der Waals surface area contributed by atoms with E-state index in [9.17, 15) is 4.79 Å². The molecule has 1 aromatic carbocycles. The van der Waals surface area contributed by atoms with Crippen LogP contribution in [0.25, 0.3) is 10.1 Å². The number of methoxy groups -OCH3 is 1. The monoisotopic (exact) mass is 370 g/mol. The molecule has 114 valence electrons. The number of anilines is 1. The summed E-state index contributed by atoms with van der Waals surface area (Å²) in [5.74, 6) is 0.152. The van der Waals surface area contributed by atoms with Crippen LogP contribution in [0.15, 0.2) is 22.7 Å². The molecule has 2 aromatic rings. The Bertz CT molecular complexity index is 654. The summed E-state index contributed by atoms with van der Waals surface area (Å²) >= 11 is 4.84. The van der Waals surface area contributed by atoms with Gasteiger partial charge in [-0.3, -0.25) is 4.79 Å². The molecule has 0 radical (unpaired) electrons. The van der Waals surface area contributed by atoms with Gasteiger partial charge in [-0.1, -0.05) is 29.8 Å². The van der Waals surface area contributed by atoms with Crippen molar-refractivity contribution in [2.75, 3.05) is 19.5 Å². The largest absolute Gasteiger partial charge is 0.397 e. The fraction of sp³-hybridized carbons (Fsp3) is 0.400. The zero-order valence-electron chi connectivity index (χ0n) is 12.3. The molecular formula is C15H19BrN2O2S. The lowest BCUT2D eigenvalue weighted by atomic mass is 10.1. The molecule has 0 bridgehead atoms. The number of carbonyl (C=O) groups is 1. The van der Waals surface area contributed by atoms with Gasteiger partial charge in [0.2, 0.25) is 0 Å². The number of hydrogen-bond donors (Lipinski definition) is 2. The summed E-state index contributed by atoms with van der Waals surface area (Å²) in [4.78, 5) is 13.0. The lowest BCUT2D eigenvalue weighted by molar-refractivity contribution is 0.0871. The molecule has 0 saturated heterocycles. The van der Waals surface area contributed by atoms with Crippen LogP contribution in [0.3, 0.4) is 0 Å². The molecule has 3 N–H and O–H groups in total. The standard InChI is InChI=1S/C15H19BrN2O2S/c1-8(2)11(7-20-3)18-15(19)14-13(17)10-6-9(16)4-5-12(10)21-14/h4-6,8,11H,7,17H2,1-3H3,(H,18,19). The molecule has 0 spiro atoms. The average Bonchev–Trinajstić information content (AvgIpc) is 2.75. The maximum atomic E-state index is 12.5. The molecule has 0 aliphatic carbocycles. The molecule has 0 fully saturated rings. The van der Waals surface area contributed by atoms with Crippen LogP contribution in [0.5, 0.6) is 0 Å². The maximum Gasteiger partial charge on any atom is 0.263 e. The predicted octanol–water partition coefficient (Wildman–Crippen LogP) is 3.65. The summed E-state index contributed by atoms with van der Waals surface area (Å²) in [6, 6.07) is 5.82. The molecule has 1 amide bonds. The van der Waals surface area contributed by atoms with Gasteiger partial charge in [-0.05, 0) is 24.1 Å². The van der Waals surface area contributed by atoms with Crippen molar-refractivity contribution in [3.63, 3.8) is 0 Å². The van der Waals surface area contributed by atoms with Gasteiger partial charge in [-0.15, -0.1) is 11.3 Å². The van der Waals surface area contributed by atoms with E-state index in [1.165, 1.54) is 11.3 Å². The number of benzene rings is 1. The minimum Gasteiger partial charge on any atom is -0.397 e. The Morgan fingerprint density at radius 1 is 1.48 bits per heavy atom. The van der Waals surface area contributed by atoms with Crippen molar-refractivity contribution in [3.8, 4) is 0 Å². The van der Waals surface area contributed by atoms with Crippen molar-refractivity contribution < 1.29 is 9.53 Å². The van der Waals surface area contributed by atoms with Crippen LogP contribution in [0.2, 0.25) is 0 Å². The Morgan fingerprint density at radius 3 is 2.81 bits per heavy atom. The summed E-state index contributed by atoms with van der Waals surface area (Å²) in [5, 5.41) is 3.91. The fourth-order valence-electron chi connectivity index (χ4n) is 2.07. The van der Waals surface area contributed by atoms with Crippen molar-refractivity contribution in [2.24, 2.45) is 5.92 Å². The van der Waals surface area contributed by atoms with E-state index in [1.807, 2.05) is 18.2 Å². The summed E-state index contributed by atoms with van der Waals surface area (Å²) in [6.07, 6.45) is 0. The van der Waals surface area contributed by atoms with Gasteiger partial charge in [0, 0.05) is 21.7 Å². The maximum absolute atomic E-state index is 12.5. The van der Waals surface area contributed by atoms with Gasteiger partial charge in [-0.25, -0.2) is 0 Å². The van der Waals surface area contributed by atoms with E-state index < -0.39 is 0 Å². The summed E-state index contributed by atoms with van der Waals surface area (Å²) < 4.78 is 7.12. The van der Waals surface area contributed by atoms with Crippen molar-refractivity contribution in [2.45, 2.75) is 19.9 Å². The highest BCUT2D eigenvalue weighted by Crippen LogP contribution is 2.35. The van der Waals surface area contributed by atoms with Crippen LogP contribution < -0.4 is 11.1 Å². The van der Waals surface area contributed by atoms with Gasteiger partial charge < -0.3 is 15.8 Å². The number of rotatable bonds is 5. The first-order chi connectivity index (χ1) is 9.93. The van der Waals surface area contributed by atoms with E-state index in [0.29, 0.717) is 23.1 Å². The molecule has 0 aliphatic rings. The summed E-state index contributed by atoms with van der Waals surface area (Å²) in [5.41, 5.74) is 6.67. The van der Waals surface area contributed by atoms with E-state index in [-0.39, 0.29) is 11.9 Å². The van der Waals surface area contributed by atoms with Crippen molar-refractivity contribution in [1.29, 1.82) is 0 Å². The molecule has 1 heterocycles. The molecule has 6 heteroatoms. The highest BCUT2D eigenvalue weighted by molar-refractivity contribution is 9.10. The number of nitrogens with two attached hydrogens (primary N) is 1. The van der Waals surface area contributed by atoms with Crippen LogP contribution in [0.1, 0.15) is 23.5 Å². The van der Waals surface area contributed by atoms with E-state index in [4.69, 9.17) is 10.5 Å². The number of halogens is 1. The normalized spacial score (nSPS) is 12.8. The lowest BCUT2D eigenvalue weighted by Gasteiger charge is -2.21. The van der Waals surface area contributed by atoms with Crippen LogP contribution in [0, 0.1) is 5.92 Å². The van der Waals surface area contributed by atoms with Crippen LogP contribution in [0.4, 0.5) is 5.69 Å². The molecule has 1 unspecified atom stereocenters. The predicted molar refractivity (Wildman–Crippen MR) is 91.9 cm³/mol. The van der Waals surface area contributed by atoms with E-state index in [1.54, 1.807) is 7.11 Å². The molecule has 1 atom stereocenters. The number of nitrogens with one attached hydrogen (secondary N) is 1. The average molecular weight is 371 g/mol. The molecule has 0 aliphatic heterocycles. The fourth-order valence-corrected chi connectivity index (χ4v) is 3.44. The first kappa shape index (κ1) is 16.3. The number of thiophene rings is 1. The van der Waals surface area contributed by atoms with E-state index in [0.717, 1.165) is 14.6 Å². The van der Waals surface area contributed by atoms with Gasteiger partial charge in [0.1, 0.15) is 4.88 Å². The summed E-state index contributed by atoms with van der Waals surface area (Å²) in [6.45, 7) is 4.59. The quantitative estimate of drug-likeness (QED) is 0.843. The zero-order valence-corrected chi connectivity index (χ0v) is 14.7. The van der Waals surface area contributed by atoms with Crippen LogP contribution in [-0.2, 0) is 4.74 Å². The van der Waals surface area contributed by atoms with Gasteiger partial charge in [0.05, 0.1) is 18.3 Å². The second-order valence-corrected chi connectivity index (χ2v) is 7.23. The lowest BCUT2D eigenvalue weighted by Crippen LogP contribution is -2.41. The summed E-state index contributed by atoms with van der Waals surface area (Å²) in [7, 11) is 1.63. The Morgan fingerprint density at radius 2 is 2.19 bits per heavy atom. The highest BCUT2D eigenvalue weighted by atomic mass is 79.9. The zero-order chi connectivity index (χ0) is 15.6. The Labute approximate surface area is 136 Å². The number of ether oxygens (including phenoxy) is 1. The van der Waals surface area contributed by atoms with Gasteiger partial charge in [0.25, 0.3) is 5.91 Å². The third kappa shape index (κ3) is 3.56. The molecule has 1 aromatic heterocycles. The third-order valence-electron chi connectivity index (χ3n) is 3.36. The smallest absolute Gasteiger partial charge is 0.263 e. The number of hydrogen-bond acceptors (Lipinski definition) is 4. The van der Waals surface area contributed by atoms with Gasteiger partial charge in [0.15, 0.2) is 0 Å². The van der Waals surface area contributed by atoms with Crippen LogP contribution >= 0.6 is 27.3 Å². The first-order valence-electron chi connectivity index (χ1n) is 6.71. The first-order valence-corrected chi connectivity index (χ1v) is 8.32. The second-order valence-electron chi connectivity index (χ2n) is 5.26. The van der Waals surface area contributed by atoms with E-state index in [2.05, 4.69) is 35.1 Å². The minimum absolute atomic E-state index is 0.0288.